The number of carboxylic acids is 2. The highest BCUT2D eigenvalue weighted by atomic mass is 16.4. The normalized spacial score (nSPS) is 13.9. The lowest BCUT2D eigenvalue weighted by molar-refractivity contribution is -0.134. The Hall–Kier alpha value is -2.92. The highest BCUT2D eigenvalue weighted by molar-refractivity contribution is 5.89. The molecule has 1 fully saturated rings. The Balaban J connectivity index is 0.000000387. The van der Waals surface area contributed by atoms with E-state index in [4.69, 9.17) is 10.2 Å². The summed E-state index contributed by atoms with van der Waals surface area (Å²) >= 11 is 0. The Kier molecular flexibility index (Phi) is 8.96. The number of carboxylic acid groups (broad SMARTS) is 2. The van der Waals surface area contributed by atoms with Crippen LogP contribution in [-0.2, 0) is 22.7 Å². The van der Waals surface area contributed by atoms with Crippen LogP contribution in [0.25, 0.3) is 0 Å². The summed E-state index contributed by atoms with van der Waals surface area (Å²) in [6, 6.07) is 0. The Bertz CT molecular complexity index is 775. The van der Waals surface area contributed by atoms with Crippen molar-refractivity contribution in [2.24, 2.45) is 0 Å². The van der Waals surface area contributed by atoms with Gasteiger partial charge >= 0.3 is 17.6 Å². The molecule has 0 amide bonds. The molecule has 0 bridgehead atoms. The molecule has 1 aliphatic heterocycles. The molecule has 1 saturated heterocycles. The maximum Gasteiger partial charge on any atom is 0.350 e. The van der Waals surface area contributed by atoms with Gasteiger partial charge in [-0.2, -0.15) is 4.68 Å². The SMILES string of the molecule is CCCn1cc(CO)c(=O)n(N2CCNCC2)c1=O.O=C(O)/C=C/C(=O)O. The third kappa shape index (κ3) is 6.72. The van der Waals surface area contributed by atoms with E-state index >= 15 is 0 Å². The summed E-state index contributed by atoms with van der Waals surface area (Å²) in [5, 5.41) is 29.8. The predicted molar refractivity (Wildman–Crippen MR) is 96.4 cm³/mol. The molecular formula is C16H24N4O7. The van der Waals surface area contributed by atoms with Gasteiger partial charge in [0.05, 0.1) is 12.2 Å². The van der Waals surface area contributed by atoms with Crippen molar-refractivity contribution in [1.29, 1.82) is 0 Å². The van der Waals surface area contributed by atoms with Gasteiger partial charge in [0, 0.05) is 51.1 Å². The van der Waals surface area contributed by atoms with E-state index in [9.17, 15) is 24.3 Å². The van der Waals surface area contributed by atoms with Crippen molar-refractivity contribution in [2.45, 2.75) is 26.5 Å². The molecule has 0 atom stereocenters. The molecule has 0 unspecified atom stereocenters. The van der Waals surface area contributed by atoms with Crippen LogP contribution in [0, 0.1) is 0 Å². The molecule has 0 radical (unpaired) electrons. The van der Waals surface area contributed by atoms with Gasteiger partial charge in [-0.3, -0.25) is 9.36 Å². The first-order chi connectivity index (χ1) is 12.8. The van der Waals surface area contributed by atoms with Crippen LogP contribution < -0.4 is 21.6 Å². The average Bonchev–Trinajstić information content (AvgIpc) is 2.64. The quantitative estimate of drug-likeness (QED) is 0.414. The van der Waals surface area contributed by atoms with E-state index in [0.29, 0.717) is 31.8 Å². The van der Waals surface area contributed by atoms with Crippen LogP contribution in [0.4, 0.5) is 0 Å². The molecule has 0 aromatic carbocycles. The number of hydrogen-bond donors (Lipinski definition) is 4. The molecule has 27 heavy (non-hydrogen) atoms. The van der Waals surface area contributed by atoms with Crippen LogP contribution in [-0.4, -0.2) is 62.7 Å². The van der Waals surface area contributed by atoms with Crippen LogP contribution in [0.1, 0.15) is 18.9 Å². The first-order valence-electron chi connectivity index (χ1n) is 8.37. The standard InChI is InChI=1S/C12H20N4O3.C4H4O4/c1-2-5-14-8-10(9-17)11(18)16(12(14)19)15-6-3-13-4-7-15;5-3(6)1-2-4(7)8/h8,13,17H,2-7,9H2,1H3;1-2H,(H,5,6)(H,7,8)/b;2-1+. The number of nitrogens with zero attached hydrogens (tertiary/aromatic N) is 3. The maximum atomic E-state index is 12.3. The molecule has 0 spiro atoms. The van der Waals surface area contributed by atoms with E-state index in [1.807, 2.05) is 6.92 Å². The van der Waals surface area contributed by atoms with E-state index in [1.165, 1.54) is 15.4 Å². The first-order valence-corrected chi connectivity index (χ1v) is 8.37. The van der Waals surface area contributed by atoms with Crippen LogP contribution in [0.5, 0.6) is 0 Å². The molecule has 1 aromatic rings. The summed E-state index contributed by atoms with van der Waals surface area (Å²) in [6.45, 7) is 4.84. The maximum absolute atomic E-state index is 12.3. The Morgan fingerprint density at radius 1 is 1.15 bits per heavy atom. The van der Waals surface area contributed by atoms with Crippen LogP contribution in [0.15, 0.2) is 27.9 Å². The van der Waals surface area contributed by atoms with Crippen molar-refractivity contribution in [3.63, 3.8) is 0 Å². The Labute approximate surface area is 154 Å². The van der Waals surface area contributed by atoms with Crippen molar-refractivity contribution in [1.82, 2.24) is 14.6 Å². The third-order valence-electron chi connectivity index (χ3n) is 3.59. The van der Waals surface area contributed by atoms with Gasteiger partial charge in [0.15, 0.2) is 0 Å². The van der Waals surface area contributed by atoms with E-state index in [0.717, 1.165) is 19.5 Å². The van der Waals surface area contributed by atoms with Gasteiger partial charge < -0.3 is 25.6 Å². The van der Waals surface area contributed by atoms with Gasteiger partial charge in [0.2, 0.25) is 0 Å². The predicted octanol–water partition coefficient (Wildman–Crippen LogP) is -1.83. The van der Waals surface area contributed by atoms with Crippen LogP contribution in [0.2, 0.25) is 0 Å². The zero-order chi connectivity index (χ0) is 20.4. The number of hydrogen-bond acceptors (Lipinski definition) is 7. The molecule has 0 saturated carbocycles. The summed E-state index contributed by atoms with van der Waals surface area (Å²) in [5.74, 6) is -2.51. The zero-order valence-electron chi connectivity index (χ0n) is 15.0. The van der Waals surface area contributed by atoms with Crippen LogP contribution in [0.3, 0.4) is 0 Å². The second kappa shape index (κ2) is 10.9. The second-order valence-corrected chi connectivity index (χ2v) is 5.62. The lowest BCUT2D eigenvalue weighted by atomic mass is 10.3. The van der Waals surface area contributed by atoms with Gasteiger partial charge in [0.1, 0.15) is 0 Å². The van der Waals surface area contributed by atoms with E-state index in [1.54, 1.807) is 5.01 Å². The van der Waals surface area contributed by atoms with Crippen molar-refractivity contribution < 1.29 is 24.9 Å². The molecule has 11 heteroatoms. The highest BCUT2D eigenvalue weighted by Crippen LogP contribution is 1.94. The summed E-state index contributed by atoms with van der Waals surface area (Å²) in [5.41, 5.74) is -0.487. The average molecular weight is 384 g/mol. The van der Waals surface area contributed by atoms with Gasteiger partial charge in [-0.05, 0) is 6.42 Å². The van der Waals surface area contributed by atoms with Gasteiger partial charge in [-0.15, -0.1) is 0 Å². The Morgan fingerprint density at radius 2 is 1.70 bits per heavy atom. The van der Waals surface area contributed by atoms with Crippen molar-refractivity contribution in [3.05, 3.63) is 44.8 Å². The Morgan fingerprint density at radius 3 is 2.15 bits per heavy atom. The number of aliphatic hydroxyl groups excluding tert-OH is 1. The number of aliphatic carboxylic acids is 2. The molecular weight excluding hydrogens is 360 g/mol. The number of aliphatic hydroxyl groups is 1. The number of rotatable bonds is 6. The summed E-state index contributed by atoms with van der Waals surface area (Å²) < 4.78 is 2.66. The molecule has 2 heterocycles. The smallest absolute Gasteiger partial charge is 0.350 e. The number of aromatic nitrogens is 2. The lowest BCUT2D eigenvalue weighted by Crippen LogP contribution is -2.59. The fourth-order valence-electron chi connectivity index (χ4n) is 2.40. The van der Waals surface area contributed by atoms with Crippen LogP contribution >= 0.6 is 0 Å². The molecule has 0 aliphatic carbocycles. The van der Waals surface area contributed by atoms with Crippen molar-refractivity contribution in [2.75, 3.05) is 31.2 Å². The van der Waals surface area contributed by atoms with Gasteiger partial charge in [-0.1, -0.05) is 6.92 Å². The monoisotopic (exact) mass is 384 g/mol. The second-order valence-electron chi connectivity index (χ2n) is 5.62. The lowest BCUT2D eigenvalue weighted by Gasteiger charge is -2.30. The van der Waals surface area contributed by atoms with Crippen molar-refractivity contribution >= 4 is 11.9 Å². The topological polar surface area (TPSA) is 154 Å². The van der Waals surface area contributed by atoms with E-state index in [2.05, 4.69) is 5.32 Å². The van der Waals surface area contributed by atoms with Gasteiger partial charge in [-0.25, -0.2) is 14.4 Å². The number of piperazine rings is 1. The zero-order valence-corrected chi connectivity index (χ0v) is 15.0. The molecule has 11 nitrogen and oxygen atoms in total. The number of carbonyl (C=O) groups is 2. The summed E-state index contributed by atoms with van der Waals surface area (Å²) in [7, 11) is 0. The minimum Gasteiger partial charge on any atom is -0.478 e. The summed E-state index contributed by atoms with van der Waals surface area (Å²) in [4.78, 5) is 43.6. The first kappa shape index (κ1) is 22.1. The van der Waals surface area contributed by atoms with E-state index in [-0.39, 0.29) is 17.9 Å². The van der Waals surface area contributed by atoms with Gasteiger partial charge in [0.25, 0.3) is 5.56 Å². The molecule has 2 rings (SSSR count). The highest BCUT2D eigenvalue weighted by Gasteiger charge is 2.18. The molecule has 4 N–H and O–H groups in total. The fourth-order valence-corrected chi connectivity index (χ4v) is 2.40. The van der Waals surface area contributed by atoms with E-state index < -0.39 is 17.5 Å². The fraction of sp³-hybridized carbons (Fsp3) is 0.500. The molecule has 150 valence electrons. The number of aryl methyl sites for hydroxylation is 1. The largest absolute Gasteiger partial charge is 0.478 e. The third-order valence-corrected chi connectivity index (χ3v) is 3.59. The number of nitrogens with one attached hydrogen (secondary N) is 1. The minimum atomic E-state index is -1.26. The van der Waals surface area contributed by atoms with Crippen molar-refractivity contribution in [3.8, 4) is 0 Å². The molecule has 1 aromatic heterocycles. The minimum absolute atomic E-state index is 0.256. The summed E-state index contributed by atoms with van der Waals surface area (Å²) in [6.07, 6.45) is 3.38. The molecule has 1 aliphatic rings.